The Hall–Kier alpha value is -3.70. The van der Waals surface area contributed by atoms with Crippen molar-refractivity contribution >= 4 is 23.2 Å². The molecule has 2 aromatic carbocycles. The van der Waals surface area contributed by atoms with Gasteiger partial charge in [0.2, 0.25) is 0 Å². The summed E-state index contributed by atoms with van der Waals surface area (Å²) in [7, 11) is 3.60. The molecule has 0 saturated carbocycles. The topological polar surface area (TPSA) is 80.9 Å². The Morgan fingerprint density at radius 2 is 1.92 bits per heavy atom. The number of carbonyl (C=O) groups is 1. The largest absolute Gasteiger partial charge is 0.417 e. The molecular formula is C26H27ClF3N7O. The SMILES string of the molecule is CCN(C)Cc1cc(NC(=O)c2ccc(C)c(-n3cc(-c4cnn(C)c4C)nn3)c2)cc(C(F)(F)F)c1Cl. The van der Waals surface area contributed by atoms with Crippen LogP contribution in [0.15, 0.2) is 42.7 Å². The number of nitrogens with one attached hydrogen (secondary N) is 1. The summed E-state index contributed by atoms with van der Waals surface area (Å²) in [4.78, 5) is 14.9. The number of anilines is 1. The summed E-state index contributed by atoms with van der Waals surface area (Å²) in [5, 5.41) is 14.9. The number of nitrogens with zero attached hydrogens (tertiary/aromatic N) is 6. The van der Waals surface area contributed by atoms with Gasteiger partial charge in [0.15, 0.2) is 0 Å². The third-order valence-corrected chi connectivity index (χ3v) is 6.86. The molecular weight excluding hydrogens is 519 g/mol. The average Bonchev–Trinajstić information content (AvgIpc) is 3.47. The van der Waals surface area contributed by atoms with Gasteiger partial charge in [0.25, 0.3) is 5.91 Å². The van der Waals surface area contributed by atoms with Crippen LogP contribution in [0.3, 0.4) is 0 Å². The fourth-order valence-corrected chi connectivity index (χ4v) is 4.21. The van der Waals surface area contributed by atoms with Crippen LogP contribution >= 0.6 is 11.6 Å². The zero-order valence-corrected chi connectivity index (χ0v) is 22.3. The van der Waals surface area contributed by atoms with Gasteiger partial charge < -0.3 is 10.2 Å². The van der Waals surface area contributed by atoms with Crippen molar-refractivity contribution in [1.82, 2.24) is 29.7 Å². The number of amides is 1. The van der Waals surface area contributed by atoms with Crippen molar-refractivity contribution in [1.29, 1.82) is 0 Å². The van der Waals surface area contributed by atoms with E-state index in [2.05, 4.69) is 20.7 Å². The first kappa shape index (κ1) is 27.3. The molecule has 38 heavy (non-hydrogen) atoms. The molecule has 0 saturated heterocycles. The first-order valence-corrected chi connectivity index (χ1v) is 12.2. The molecule has 0 atom stereocenters. The number of halogens is 4. The zero-order chi connectivity index (χ0) is 27.8. The second-order valence-electron chi connectivity index (χ2n) is 9.10. The van der Waals surface area contributed by atoms with Crippen molar-refractivity contribution in [3.8, 4) is 16.9 Å². The van der Waals surface area contributed by atoms with Crippen LogP contribution in [0.5, 0.6) is 0 Å². The zero-order valence-electron chi connectivity index (χ0n) is 21.6. The fourth-order valence-electron chi connectivity index (χ4n) is 3.94. The number of benzene rings is 2. The van der Waals surface area contributed by atoms with Crippen LogP contribution in [-0.2, 0) is 19.8 Å². The van der Waals surface area contributed by atoms with E-state index in [4.69, 9.17) is 11.6 Å². The molecule has 0 unspecified atom stereocenters. The van der Waals surface area contributed by atoms with Gasteiger partial charge in [0, 0.05) is 36.1 Å². The number of hydrogen-bond donors (Lipinski definition) is 1. The van der Waals surface area contributed by atoms with Crippen LogP contribution < -0.4 is 5.32 Å². The van der Waals surface area contributed by atoms with E-state index in [0.717, 1.165) is 22.9 Å². The Morgan fingerprint density at radius 1 is 1.18 bits per heavy atom. The molecule has 4 rings (SSSR count). The van der Waals surface area contributed by atoms with Gasteiger partial charge in [-0.25, -0.2) is 4.68 Å². The van der Waals surface area contributed by atoms with E-state index in [9.17, 15) is 18.0 Å². The number of carbonyl (C=O) groups excluding carboxylic acids is 1. The standard InChI is InChI=1S/C26H27ClF3N7O/c1-6-35(4)13-18-9-19(11-21(24(18)27)26(28,29)30)32-25(38)17-8-7-15(2)23(10-17)37-14-22(33-34-37)20-12-31-36(5)16(20)3/h7-12,14H,6,13H2,1-5H3,(H,32,38). The molecule has 0 bridgehead atoms. The van der Waals surface area contributed by atoms with E-state index < -0.39 is 17.6 Å². The number of aryl methyl sites for hydroxylation is 2. The van der Waals surface area contributed by atoms with Gasteiger partial charge in [-0.2, -0.15) is 18.3 Å². The predicted octanol–water partition coefficient (Wildman–Crippen LogP) is 5.66. The molecule has 0 fully saturated rings. The first-order chi connectivity index (χ1) is 17.9. The van der Waals surface area contributed by atoms with Gasteiger partial charge in [0.1, 0.15) is 5.69 Å². The van der Waals surface area contributed by atoms with Crippen molar-refractivity contribution < 1.29 is 18.0 Å². The minimum absolute atomic E-state index is 0.00319. The van der Waals surface area contributed by atoms with E-state index in [1.165, 1.54) is 6.07 Å². The van der Waals surface area contributed by atoms with Crippen molar-refractivity contribution in [2.45, 2.75) is 33.5 Å². The number of aromatic nitrogens is 5. The molecule has 1 amide bonds. The second kappa shape index (κ2) is 10.6. The second-order valence-corrected chi connectivity index (χ2v) is 9.47. The number of hydrogen-bond acceptors (Lipinski definition) is 5. The smallest absolute Gasteiger partial charge is 0.322 e. The molecule has 4 aromatic rings. The molecule has 8 nitrogen and oxygen atoms in total. The van der Waals surface area contributed by atoms with E-state index in [1.807, 2.05) is 32.7 Å². The molecule has 0 spiro atoms. The number of alkyl halides is 3. The van der Waals surface area contributed by atoms with Crippen LogP contribution in [0, 0.1) is 13.8 Å². The summed E-state index contributed by atoms with van der Waals surface area (Å²) < 4.78 is 44.4. The highest BCUT2D eigenvalue weighted by Gasteiger charge is 2.35. The van der Waals surface area contributed by atoms with Crippen LogP contribution in [0.1, 0.15) is 39.7 Å². The summed E-state index contributed by atoms with van der Waals surface area (Å²) in [5.74, 6) is -0.570. The van der Waals surface area contributed by atoms with Crippen molar-refractivity contribution in [2.75, 3.05) is 18.9 Å². The molecule has 2 heterocycles. The van der Waals surface area contributed by atoms with E-state index >= 15 is 0 Å². The summed E-state index contributed by atoms with van der Waals surface area (Å²) >= 11 is 6.10. The minimum Gasteiger partial charge on any atom is -0.322 e. The van der Waals surface area contributed by atoms with Crippen LogP contribution in [0.2, 0.25) is 5.02 Å². The Labute approximate surface area is 223 Å². The maximum Gasteiger partial charge on any atom is 0.417 e. The van der Waals surface area contributed by atoms with E-state index in [1.54, 1.807) is 47.0 Å². The highest BCUT2D eigenvalue weighted by atomic mass is 35.5. The first-order valence-electron chi connectivity index (χ1n) is 11.8. The lowest BCUT2D eigenvalue weighted by molar-refractivity contribution is -0.137. The van der Waals surface area contributed by atoms with Crippen molar-refractivity contribution in [3.63, 3.8) is 0 Å². The molecule has 0 aliphatic rings. The summed E-state index contributed by atoms with van der Waals surface area (Å²) in [6, 6.07) is 7.28. The Kier molecular flexibility index (Phi) is 7.61. The van der Waals surface area contributed by atoms with E-state index in [-0.39, 0.29) is 28.4 Å². The third kappa shape index (κ3) is 5.58. The van der Waals surface area contributed by atoms with Crippen LogP contribution in [0.4, 0.5) is 18.9 Å². The average molecular weight is 546 g/mol. The van der Waals surface area contributed by atoms with E-state index in [0.29, 0.717) is 17.9 Å². The van der Waals surface area contributed by atoms with Gasteiger partial charge in [-0.1, -0.05) is 29.8 Å². The summed E-state index contributed by atoms with van der Waals surface area (Å²) in [5.41, 5.74) is 3.33. The van der Waals surface area contributed by atoms with Crippen molar-refractivity contribution in [3.05, 3.63) is 75.7 Å². The molecule has 12 heteroatoms. The summed E-state index contributed by atoms with van der Waals surface area (Å²) in [6.07, 6.45) is -1.24. The Balaban J connectivity index is 1.65. The summed E-state index contributed by atoms with van der Waals surface area (Å²) in [6.45, 7) is 6.48. The minimum atomic E-state index is -4.67. The number of rotatable bonds is 7. The normalized spacial score (nSPS) is 11.8. The van der Waals surface area contributed by atoms with Gasteiger partial charge in [-0.3, -0.25) is 9.48 Å². The fraction of sp³-hybridized carbons (Fsp3) is 0.308. The highest BCUT2D eigenvalue weighted by molar-refractivity contribution is 6.32. The molecule has 1 N–H and O–H groups in total. The monoisotopic (exact) mass is 545 g/mol. The maximum atomic E-state index is 13.7. The van der Waals surface area contributed by atoms with Gasteiger partial charge in [-0.15, -0.1) is 5.10 Å². The molecule has 0 aliphatic carbocycles. The van der Waals surface area contributed by atoms with Gasteiger partial charge >= 0.3 is 6.18 Å². The molecule has 200 valence electrons. The van der Waals surface area contributed by atoms with Gasteiger partial charge in [0.05, 0.1) is 28.7 Å². The van der Waals surface area contributed by atoms with Crippen LogP contribution in [-0.4, -0.2) is 49.2 Å². The van der Waals surface area contributed by atoms with Crippen molar-refractivity contribution in [2.24, 2.45) is 7.05 Å². The lowest BCUT2D eigenvalue weighted by Gasteiger charge is -2.19. The predicted molar refractivity (Wildman–Crippen MR) is 139 cm³/mol. The molecule has 2 aromatic heterocycles. The Morgan fingerprint density at radius 3 is 2.55 bits per heavy atom. The quantitative estimate of drug-likeness (QED) is 0.324. The molecule has 0 aliphatic heterocycles. The molecule has 0 radical (unpaired) electrons. The highest BCUT2D eigenvalue weighted by Crippen LogP contribution is 2.39. The Bertz CT molecular complexity index is 1490. The van der Waals surface area contributed by atoms with Crippen LogP contribution in [0.25, 0.3) is 16.9 Å². The third-order valence-electron chi connectivity index (χ3n) is 6.41. The van der Waals surface area contributed by atoms with Gasteiger partial charge in [-0.05, 0) is 62.8 Å². The lowest BCUT2D eigenvalue weighted by atomic mass is 10.1. The maximum absolute atomic E-state index is 13.7. The lowest BCUT2D eigenvalue weighted by Crippen LogP contribution is -2.19.